The first-order valence-corrected chi connectivity index (χ1v) is 8.08. The smallest absolute Gasteiger partial charge is 0.406 e. The number of halogens is 4. The topological polar surface area (TPSA) is 46.6 Å². The molecule has 0 spiro atoms. The van der Waals surface area contributed by atoms with Crippen LogP contribution in [0.5, 0.6) is 5.75 Å². The summed E-state index contributed by atoms with van der Waals surface area (Å²) in [5.41, 5.74) is 0.533. The predicted molar refractivity (Wildman–Crippen MR) is 78.2 cm³/mol. The van der Waals surface area contributed by atoms with E-state index < -0.39 is 28.0 Å². The van der Waals surface area contributed by atoms with Gasteiger partial charge in [-0.25, -0.2) is 12.8 Å². The van der Waals surface area contributed by atoms with Crippen molar-refractivity contribution in [3.8, 4) is 5.75 Å². The van der Waals surface area contributed by atoms with Gasteiger partial charge in [-0.3, -0.25) is 0 Å². The fourth-order valence-corrected chi connectivity index (χ4v) is 3.14. The van der Waals surface area contributed by atoms with Gasteiger partial charge >= 0.3 is 6.36 Å². The Hall–Kier alpha value is -2.13. The largest absolute Gasteiger partial charge is 0.573 e. The molecule has 9 heteroatoms. The number of alkyl halides is 3. The van der Waals surface area contributed by atoms with E-state index in [1.54, 1.807) is 0 Å². The highest BCUT2D eigenvalue weighted by Crippen LogP contribution is 2.26. The predicted octanol–water partition coefficient (Wildman–Crippen LogP) is 3.55. The average molecular weight is 363 g/mol. The van der Waals surface area contributed by atoms with Gasteiger partial charge in [0.15, 0.2) is 0 Å². The zero-order chi connectivity index (χ0) is 18.0. The Labute approximate surface area is 136 Å². The van der Waals surface area contributed by atoms with Gasteiger partial charge in [-0.15, -0.1) is 13.2 Å². The van der Waals surface area contributed by atoms with E-state index in [1.165, 1.54) is 37.4 Å². The molecule has 0 radical (unpaired) electrons. The number of ether oxygens (including phenoxy) is 1. The minimum atomic E-state index is -4.91. The van der Waals surface area contributed by atoms with Crippen LogP contribution in [0, 0.1) is 5.82 Å². The summed E-state index contributed by atoms with van der Waals surface area (Å²) in [7, 11) is -2.76. The van der Waals surface area contributed by atoms with Crippen molar-refractivity contribution in [1.82, 2.24) is 4.31 Å². The van der Waals surface area contributed by atoms with E-state index in [0.29, 0.717) is 5.56 Å². The minimum absolute atomic E-state index is 0.0625. The summed E-state index contributed by atoms with van der Waals surface area (Å²) in [6.07, 6.45) is -4.91. The van der Waals surface area contributed by atoms with Crippen LogP contribution in [0.4, 0.5) is 17.6 Å². The maximum atomic E-state index is 12.9. The van der Waals surface area contributed by atoms with E-state index in [2.05, 4.69) is 4.74 Å². The van der Waals surface area contributed by atoms with Crippen molar-refractivity contribution in [3.05, 3.63) is 59.9 Å². The van der Waals surface area contributed by atoms with Crippen molar-refractivity contribution in [2.45, 2.75) is 17.8 Å². The van der Waals surface area contributed by atoms with Gasteiger partial charge in [-0.2, -0.15) is 4.31 Å². The molecule has 0 N–H and O–H groups in total. The summed E-state index contributed by atoms with van der Waals surface area (Å²) < 4.78 is 79.1. The lowest BCUT2D eigenvalue weighted by Crippen LogP contribution is -2.26. The number of hydrogen-bond donors (Lipinski definition) is 0. The summed E-state index contributed by atoms with van der Waals surface area (Å²) in [5.74, 6) is -1.08. The average Bonchev–Trinajstić information content (AvgIpc) is 2.48. The Morgan fingerprint density at radius 2 is 1.71 bits per heavy atom. The number of benzene rings is 2. The lowest BCUT2D eigenvalue weighted by atomic mass is 10.2. The number of rotatable bonds is 5. The van der Waals surface area contributed by atoms with Crippen LogP contribution in [0.25, 0.3) is 0 Å². The van der Waals surface area contributed by atoms with Crippen LogP contribution in [0.15, 0.2) is 53.4 Å². The summed E-state index contributed by atoms with van der Waals surface area (Å²) in [4.78, 5) is -0.339. The monoisotopic (exact) mass is 363 g/mol. The van der Waals surface area contributed by atoms with Gasteiger partial charge in [0, 0.05) is 19.7 Å². The van der Waals surface area contributed by atoms with E-state index in [9.17, 15) is 26.0 Å². The third-order valence-electron chi connectivity index (χ3n) is 3.07. The Morgan fingerprint density at radius 1 is 1.08 bits per heavy atom. The van der Waals surface area contributed by atoms with Crippen molar-refractivity contribution in [3.63, 3.8) is 0 Å². The van der Waals surface area contributed by atoms with Crippen molar-refractivity contribution in [1.29, 1.82) is 0 Å². The van der Waals surface area contributed by atoms with Crippen molar-refractivity contribution in [2.24, 2.45) is 0 Å². The lowest BCUT2D eigenvalue weighted by Gasteiger charge is -2.18. The Morgan fingerprint density at radius 3 is 2.29 bits per heavy atom. The molecular formula is C15H13F4NO3S. The Kier molecular flexibility index (Phi) is 5.14. The maximum Gasteiger partial charge on any atom is 0.573 e. The standard InChI is InChI=1S/C15H13F4NO3S/c1-20(10-11-5-7-12(16)8-6-11)24(21,22)14-4-2-3-13(9-14)23-15(17,18)19/h2-9H,10H2,1H3. The van der Waals surface area contributed by atoms with Crippen LogP contribution in [0.3, 0.4) is 0 Å². The maximum absolute atomic E-state index is 12.9. The molecule has 0 aliphatic heterocycles. The molecule has 0 atom stereocenters. The highest BCUT2D eigenvalue weighted by atomic mass is 32.2. The number of sulfonamides is 1. The Balaban J connectivity index is 2.22. The lowest BCUT2D eigenvalue weighted by molar-refractivity contribution is -0.274. The molecule has 0 aliphatic rings. The molecule has 2 aromatic carbocycles. The quantitative estimate of drug-likeness (QED) is 0.764. The molecule has 0 aliphatic carbocycles. The molecule has 0 unspecified atom stereocenters. The fraction of sp³-hybridized carbons (Fsp3) is 0.200. The minimum Gasteiger partial charge on any atom is -0.406 e. The van der Waals surface area contributed by atoms with Crippen molar-refractivity contribution < 1.29 is 30.7 Å². The third kappa shape index (κ3) is 4.68. The van der Waals surface area contributed by atoms with Gasteiger partial charge in [0.1, 0.15) is 11.6 Å². The normalized spacial score (nSPS) is 12.4. The summed E-state index contributed by atoms with van der Waals surface area (Å²) >= 11 is 0. The summed E-state index contributed by atoms with van der Waals surface area (Å²) in [5, 5.41) is 0. The van der Waals surface area contributed by atoms with Gasteiger partial charge in [0.2, 0.25) is 10.0 Å². The van der Waals surface area contributed by atoms with E-state index in [0.717, 1.165) is 22.5 Å². The second-order valence-electron chi connectivity index (χ2n) is 4.91. The molecule has 0 aromatic heterocycles. The molecule has 0 fully saturated rings. The van der Waals surface area contributed by atoms with Crippen LogP contribution < -0.4 is 4.74 Å². The SMILES string of the molecule is CN(Cc1ccc(F)cc1)S(=O)(=O)c1cccc(OC(F)(F)F)c1. The van der Waals surface area contributed by atoms with E-state index in [4.69, 9.17) is 0 Å². The first-order valence-electron chi connectivity index (χ1n) is 6.64. The zero-order valence-corrected chi connectivity index (χ0v) is 13.2. The molecule has 24 heavy (non-hydrogen) atoms. The third-order valence-corrected chi connectivity index (χ3v) is 4.87. The molecule has 130 valence electrons. The van der Waals surface area contributed by atoms with Crippen LogP contribution >= 0.6 is 0 Å². The first-order chi connectivity index (χ1) is 11.1. The second-order valence-corrected chi connectivity index (χ2v) is 6.96. The van der Waals surface area contributed by atoms with Crippen molar-refractivity contribution >= 4 is 10.0 Å². The van der Waals surface area contributed by atoms with Crippen molar-refractivity contribution in [2.75, 3.05) is 7.05 Å². The Bertz CT molecular complexity index is 804. The molecule has 2 rings (SSSR count). The highest BCUT2D eigenvalue weighted by Gasteiger charge is 2.31. The first kappa shape index (κ1) is 18.2. The molecule has 0 saturated carbocycles. The van der Waals surface area contributed by atoms with Gasteiger partial charge in [-0.1, -0.05) is 18.2 Å². The molecule has 0 bridgehead atoms. The molecule has 0 saturated heterocycles. The highest BCUT2D eigenvalue weighted by molar-refractivity contribution is 7.89. The van der Waals surface area contributed by atoms with Gasteiger partial charge in [-0.05, 0) is 29.8 Å². The van der Waals surface area contributed by atoms with E-state index >= 15 is 0 Å². The molecule has 2 aromatic rings. The summed E-state index contributed by atoms with van der Waals surface area (Å²) in [6.45, 7) is -0.0625. The van der Waals surface area contributed by atoms with E-state index in [1.807, 2.05) is 0 Å². The molecule has 0 amide bonds. The second kappa shape index (κ2) is 6.78. The van der Waals surface area contributed by atoms with Gasteiger partial charge < -0.3 is 4.74 Å². The molecular weight excluding hydrogens is 350 g/mol. The van der Waals surface area contributed by atoms with Crippen LogP contribution in [0.1, 0.15) is 5.56 Å². The van der Waals surface area contributed by atoms with Gasteiger partial charge in [0.25, 0.3) is 0 Å². The zero-order valence-electron chi connectivity index (χ0n) is 12.4. The van der Waals surface area contributed by atoms with Crippen LogP contribution in [0.2, 0.25) is 0 Å². The van der Waals surface area contributed by atoms with Crippen LogP contribution in [-0.2, 0) is 16.6 Å². The summed E-state index contributed by atoms with van der Waals surface area (Å²) in [6, 6.07) is 9.34. The van der Waals surface area contributed by atoms with Crippen LogP contribution in [-0.4, -0.2) is 26.1 Å². The molecule has 0 heterocycles. The number of hydrogen-bond acceptors (Lipinski definition) is 3. The van der Waals surface area contributed by atoms with Gasteiger partial charge in [0.05, 0.1) is 4.90 Å². The fourth-order valence-electron chi connectivity index (χ4n) is 1.94. The van der Waals surface area contributed by atoms with E-state index in [-0.39, 0.29) is 11.4 Å². The molecule has 4 nitrogen and oxygen atoms in total. The number of nitrogens with zero attached hydrogens (tertiary/aromatic N) is 1.